The molecule has 0 bridgehead atoms. The summed E-state index contributed by atoms with van der Waals surface area (Å²) in [4.78, 5) is 13.0. The molecule has 1 heterocycles. The Morgan fingerprint density at radius 3 is 2.26 bits per heavy atom. The van der Waals surface area contributed by atoms with Crippen LogP contribution in [0.25, 0.3) is 11.1 Å². The van der Waals surface area contributed by atoms with Gasteiger partial charge in [0, 0.05) is 17.3 Å². The van der Waals surface area contributed by atoms with Crippen molar-refractivity contribution in [2.75, 3.05) is 9.62 Å². The van der Waals surface area contributed by atoms with E-state index in [1.54, 1.807) is 12.1 Å². The van der Waals surface area contributed by atoms with Crippen molar-refractivity contribution >= 4 is 27.3 Å². The van der Waals surface area contributed by atoms with E-state index in [2.05, 4.69) is 5.32 Å². The first kappa shape index (κ1) is 21.9. The van der Waals surface area contributed by atoms with Crippen molar-refractivity contribution in [2.24, 2.45) is 0 Å². The zero-order chi connectivity index (χ0) is 23.7. The largest absolute Gasteiger partial charge is 0.322 e. The van der Waals surface area contributed by atoms with Gasteiger partial charge in [-0.3, -0.25) is 9.10 Å². The lowest BCUT2D eigenvalue weighted by molar-refractivity contribution is 0.102. The Balaban J connectivity index is 1.37. The molecule has 0 saturated heterocycles. The van der Waals surface area contributed by atoms with E-state index >= 15 is 0 Å². The van der Waals surface area contributed by atoms with Crippen LogP contribution in [-0.2, 0) is 16.4 Å². The Kier molecular flexibility index (Phi) is 5.67. The number of nitrogens with one attached hydrogen (secondary N) is 1. The number of rotatable bonds is 5. The minimum Gasteiger partial charge on any atom is -0.322 e. The van der Waals surface area contributed by atoms with Gasteiger partial charge in [-0.1, -0.05) is 66.7 Å². The van der Waals surface area contributed by atoms with E-state index < -0.39 is 10.0 Å². The minimum absolute atomic E-state index is 0.100. The molecule has 5 rings (SSSR count). The molecule has 34 heavy (non-hydrogen) atoms. The Morgan fingerprint density at radius 2 is 1.50 bits per heavy atom. The molecule has 170 valence electrons. The second kappa shape index (κ2) is 8.80. The van der Waals surface area contributed by atoms with Gasteiger partial charge in [-0.15, -0.1) is 0 Å². The summed E-state index contributed by atoms with van der Waals surface area (Å²) in [6.07, 6.45) is 0.661. The summed E-state index contributed by atoms with van der Waals surface area (Å²) in [5.74, 6) is -0.362. The van der Waals surface area contributed by atoms with Crippen LogP contribution in [0, 0.1) is 0 Å². The van der Waals surface area contributed by atoms with Gasteiger partial charge in [0.25, 0.3) is 15.9 Å². The van der Waals surface area contributed by atoms with Gasteiger partial charge in [0.15, 0.2) is 0 Å². The third kappa shape index (κ3) is 4.08. The van der Waals surface area contributed by atoms with Gasteiger partial charge in [-0.05, 0) is 66.4 Å². The van der Waals surface area contributed by atoms with Gasteiger partial charge < -0.3 is 5.32 Å². The lowest BCUT2D eigenvalue weighted by atomic mass is 10.1. The van der Waals surface area contributed by atoms with E-state index in [0.717, 1.165) is 16.7 Å². The summed E-state index contributed by atoms with van der Waals surface area (Å²) in [6.45, 7) is 1.90. The maximum atomic E-state index is 13.5. The molecule has 0 spiro atoms. The third-order valence-electron chi connectivity index (χ3n) is 6.05. The van der Waals surface area contributed by atoms with E-state index in [0.29, 0.717) is 17.8 Å². The maximum absolute atomic E-state index is 13.5. The molecule has 0 fully saturated rings. The molecule has 5 nitrogen and oxygen atoms in total. The lowest BCUT2D eigenvalue weighted by Gasteiger charge is -2.24. The summed E-state index contributed by atoms with van der Waals surface area (Å²) >= 11 is 0. The average Bonchev–Trinajstić information content (AvgIpc) is 3.21. The van der Waals surface area contributed by atoms with Crippen LogP contribution in [0.1, 0.15) is 22.8 Å². The van der Waals surface area contributed by atoms with Crippen molar-refractivity contribution in [3.05, 3.63) is 114 Å². The highest BCUT2D eigenvalue weighted by Crippen LogP contribution is 2.36. The maximum Gasteiger partial charge on any atom is 0.264 e. The van der Waals surface area contributed by atoms with E-state index in [4.69, 9.17) is 0 Å². The van der Waals surface area contributed by atoms with E-state index in [1.165, 1.54) is 16.4 Å². The number of sulfonamides is 1. The SMILES string of the molecule is C[C@@H]1Cc2ccccc2N1S(=O)(=O)c1cccc(C(=O)Nc2ccc(-c3ccccc3)cc2)c1. The van der Waals surface area contributed by atoms with Crippen LogP contribution in [0.5, 0.6) is 0 Å². The summed E-state index contributed by atoms with van der Waals surface area (Å²) in [6, 6.07) is 31.1. The van der Waals surface area contributed by atoms with Crippen LogP contribution < -0.4 is 9.62 Å². The smallest absolute Gasteiger partial charge is 0.264 e. The van der Waals surface area contributed by atoms with Crippen LogP contribution >= 0.6 is 0 Å². The van der Waals surface area contributed by atoms with E-state index in [-0.39, 0.29) is 22.4 Å². The number of anilines is 2. The highest BCUT2D eigenvalue weighted by atomic mass is 32.2. The fraction of sp³-hybridized carbons (Fsp3) is 0.107. The van der Waals surface area contributed by atoms with Crippen molar-refractivity contribution in [1.29, 1.82) is 0 Å². The van der Waals surface area contributed by atoms with Crippen molar-refractivity contribution in [3.8, 4) is 11.1 Å². The molecule has 1 N–H and O–H groups in total. The summed E-state index contributed by atoms with van der Waals surface area (Å²) in [5, 5.41) is 2.86. The van der Waals surface area contributed by atoms with Crippen molar-refractivity contribution in [3.63, 3.8) is 0 Å². The molecular weight excluding hydrogens is 444 g/mol. The molecule has 1 aliphatic rings. The second-order valence-electron chi connectivity index (χ2n) is 8.41. The Bertz CT molecular complexity index is 1450. The standard InChI is InChI=1S/C28H24N2O3S/c1-20-18-23-10-5-6-13-27(23)30(20)34(32,33)26-12-7-11-24(19-26)28(31)29-25-16-14-22(15-17-25)21-8-3-2-4-9-21/h2-17,19-20H,18H2,1H3,(H,29,31)/t20-/m1/s1. The van der Waals surface area contributed by atoms with E-state index in [1.807, 2.05) is 85.8 Å². The van der Waals surface area contributed by atoms with E-state index in [9.17, 15) is 13.2 Å². The lowest BCUT2D eigenvalue weighted by Crippen LogP contribution is -2.35. The van der Waals surface area contributed by atoms with Crippen molar-refractivity contribution in [2.45, 2.75) is 24.3 Å². The first-order valence-corrected chi connectivity index (χ1v) is 12.6. The molecule has 0 aromatic heterocycles. The van der Waals surface area contributed by atoms with Crippen molar-refractivity contribution < 1.29 is 13.2 Å². The summed E-state index contributed by atoms with van der Waals surface area (Å²) in [5.41, 5.74) is 4.77. The quantitative estimate of drug-likeness (QED) is 0.406. The van der Waals surface area contributed by atoms with Gasteiger partial charge >= 0.3 is 0 Å². The van der Waals surface area contributed by atoms with Gasteiger partial charge in [0.2, 0.25) is 0 Å². The third-order valence-corrected chi connectivity index (χ3v) is 7.97. The number of nitrogens with zero attached hydrogens (tertiary/aromatic N) is 1. The van der Waals surface area contributed by atoms with Crippen molar-refractivity contribution in [1.82, 2.24) is 0 Å². The zero-order valence-corrected chi connectivity index (χ0v) is 19.5. The van der Waals surface area contributed by atoms with Crippen LogP contribution in [0.4, 0.5) is 11.4 Å². The predicted molar refractivity (Wildman–Crippen MR) is 136 cm³/mol. The number of benzene rings is 4. The first-order valence-electron chi connectivity index (χ1n) is 11.1. The van der Waals surface area contributed by atoms with Gasteiger partial charge in [-0.2, -0.15) is 0 Å². The minimum atomic E-state index is -3.81. The molecule has 0 saturated carbocycles. The number of fused-ring (bicyclic) bond motifs is 1. The number of carbonyl (C=O) groups excluding carboxylic acids is 1. The number of amides is 1. The molecule has 1 aliphatic heterocycles. The van der Waals surface area contributed by atoms with Crippen LogP contribution in [0.2, 0.25) is 0 Å². The monoisotopic (exact) mass is 468 g/mol. The predicted octanol–water partition coefficient (Wildman–Crippen LogP) is 5.75. The molecule has 4 aromatic rings. The molecule has 1 amide bonds. The summed E-state index contributed by atoms with van der Waals surface area (Å²) < 4.78 is 28.5. The Hall–Kier alpha value is -3.90. The number of para-hydroxylation sites is 1. The summed E-state index contributed by atoms with van der Waals surface area (Å²) in [7, 11) is -3.81. The Labute approximate surface area is 199 Å². The van der Waals surface area contributed by atoms with Crippen LogP contribution in [0.3, 0.4) is 0 Å². The molecule has 0 unspecified atom stereocenters. The van der Waals surface area contributed by atoms with Gasteiger partial charge in [0.1, 0.15) is 0 Å². The van der Waals surface area contributed by atoms with Crippen LogP contribution in [-0.4, -0.2) is 20.4 Å². The molecular formula is C28H24N2O3S. The fourth-order valence-electron chi connectivity index (χ4n) is 4.39. The molecule has 0 radical (unpaired) electrons. The highest BCUT2D eigenvalue weighted by Gasteiger charge is 2.36. The Morgan fingerprint density at radius 1 is 0.824 bits per heavy atom. The number of hydrogen-bond acceptors (Lipinski definition) is 3. The topological polar surface area (TPSA) is 66.5 Å². The molecule has 6 heteroatoms. The number of carbonyl (C=O) groups is 1. The van der Waals surface area contributed by atoms with Crippen LogP contribution in [0.15, 0.2) is 108 Å². The normalized spacial score (nSPS) is 15.1. The van der Waals surface area contributed by atoms with Gasteiger partial charge in [0.05, 0.1) is 10.6 Å². The number of hydrogen-bond donors (Lipinski definition) is 1. The first-order chi connectivity index (χ1) is 16.4. The fourth-order valence-corrected chi connectivity index (χ4v) is 6.13. The second-order valence-corrected chi connectivity index (χ2v) is 10.2. The molecule has 4 aromatic carbocycles. The molecule has 0 aliphatic carbocycles. The van der Waals surface area contributed by atoms with Gasteiger partial charge in [-0.25, -0.2) is 8.42 Å². The molecule has 1 atom stereocenters. The zero-order valence-electron chi connectivity index (χ0n) is 18.7. The average molecular weight is 469 g/mol. The highest BCUT2D eigenvalue weighted by molar-refractivity contribution is 7.92.